The Morgan fingerprint density at radius 2 is 0.889 bits per heavy atom. The fourth-order valence-electron chi connectivity index (χ4n) is 7.96. The third-order valence-electron chi connectivity index (χ3n) is 10.4. The molecule has 0 spiro atoms. The summed E-state index contributed by atoms with van der Waals surface area (Å²) < 4.78 is 46.5. The summed E-state index contributed by atoms with van der Waals surface area (Å²) in [7, 11) is 0. The summed E-state index contributed by atoms with van der Waals surface area (Å²) in [6.45, 7) is 0. The third kappa shape index (κ3) is 4.78. The average molecular weight is 694 g/mol. The van der Waals surface area contributed by atoms with Crippen LogP contribution >= 0.6 is 0 Å². The van der Waals surface area contributed by atoms with E-state index in [0.717, 1.165) is 88.1 Å². The summed E-state index contributed by atoms with van der Waals surface area (Å²) in [6.07, 6.45) is 0. The van der Waals surface area contributed by atoms with E-state index in [9.17, 15) is 0 Å². The summed E-state index contributed by atoms with van der Waals surface area (Å²) in [5.41, 5.74) is 10.7. The minimum atomic E-state index is -0.409. The Kier molecular flexibility index (Phi) is 5.76. The molecule has 0 saturated heterocycles. The zero-order valence-corrected chi connectivity index (χ0v) is 28.9. The smallest absolute Gasteiger partial charge is 0.160 e. The van der Waals surface area contributed by atoms with Crippen LogP contribution in [0, 0.1) is 0 Å². The molecule has 0 radical (unpaired) electrons. The lowest BCUT2D eigenvalue weighted by atomic mass is 10.0. The molecule has 0 saturated carbocycles. The predicted octanol–water partition coefficient (Wildman–Crippen LogP) is 12.8. The van der Waals surface area contributed by atoms with Crippen molar-refractivity contribution in [3.8, 4) is 45.1 Å². The quantitative estimate of drug-likeness (QED) is 0.180. The lowest BCUT2D eigenvalue weighted by Gasteiger charge is -2.11. The summed E-state index contributed by atoms with van der Waals surface area (Å²) in [4.78, 5) is 10.1. The normalized spacial score (nSPS) is 13.0. The van der Waals surface area contributed by atoms with Gasteiger partial charge >= 0.3 is 0 Å². The van der Waals surface area contributed by atoms with Crippen molar-refractivity contribution in [2.24, 2.45) is 0 Å². The summed E-state index contributed by atoms with van der Waals surface area (Å²) in [5, 5.41) is 5.14. The zero-order valence-electron chi connectivity index (χ0n) is 33.9. The fraction of sp³-hybridized carbons (Fsp3) is 0. The number of hydrogen-bond acceptors (Lipinski definition) is 2. The van der Waals surface area contributed by atoms with Crippen molar-refractivity contribution in [2.75, 3.05) is 0 Å². The molecule has 0 aliphatic rings. The molecular formula is C50H32N4. The van der Waals surface area contributed by atoms with Crippen molar-refractivity contribution in [1.29, 1.82) is 0 Å². The van der Waals surface area contributed by atoms with Gasteiger partial charge in [0.2, 0.25) is 0 Å². The molecule has 8 aromatic carbocycles. The molecule has 0 unspecified atom stereocenters. The van der Waals surface area contributed by atoms with Crippen LogP contribution < -0.4 is 0 Å². The molecule has 4 nitrogen and oxygen atoms in total. The highest BCUT2D eigenvalue weighted by Gasteiger charge is 2.17. The third-order valence-corrected chi connectivity index (χ3v) is 10.4. The molecular weight excluding hydrogens is 657 g/mol. The van der Waals surface area contributed by atoms with Gasteiger partial charge < -0.3 is 9.13 Å². The van der Waals surface area contributed by atoms with E-state index in [1.54, 1.807) is 4.57 Å². The number of benzene rings is 8. The van der Waals surface area contributed by atoms with Crippen LogP contribution in [0.25, 0.3) is 99.7 Å². The summed E-state index contributed by atoms with van der Waals surface area (Å²) in [5.74, 6) is 0.675. The van der Waals surface area contributed by atoms with Crippen molar-refractivity contribution < 1.29 is 6.85 Å². The van der Waals surface area contributed by atoms with Crippen LogP contribution in [-0.4, -0.2) is 19.1 Å². The van der Waals surface area contributed by atoms with Crippen LogP contribution in [0.4, 0.5) is 0 Å². The van der Waals surface area contributed by atoms with E-state index in [1.807, 2.05) is 72.8 Å². The lowest BCUT2D eigenvalue weighted by molar-refractivity contribution is 1.17. The zero-order chi connectivity index (χ0) is 39.9. The Bertz CT molecular complexity index is 3470. The molecule has 0 N–H and O–H groups in total. The van der Waals surface area contributed by atoms with E-state index in [2.05, 4.69) is 95.6 Å². The van der Waals surface area contributed by atoms with Crippen LogP contribution in [0.3, 0.4) is 0 Å². The first-order chi connectivity index (χ1) is 28.9. The molecule has 11 rings (SSSR count). The van der Waals surface area contributed by atoms with Gasteiger partial charge in [-0.1, -0.05) is 115 Å². The van der Waals surface area contributed by atoms with Gasteiger partial charge in [0.25, 0.3) is 0 Å². The molecule has 0 aliphatic heterocycles. The monoisotopic (exact) mass is 693 g/mol. The number of fused-ring (bicyclic) bond motifs is 7. The van der Waals surface area contributed by atoms with Gasteiger partial charge in [0.1, 0.15) is 0 Å². The number of aromatic nitrogens is 4. The van der Waals surface area contributed by atoms with Gasteiger partial charge in [-0.05, 0) is 89.9 Å². The molecule has 0 aliphatic carbocycles. The van der Waals surface area contributed by atoms with E-state index in [1.165, 1.54) is 0 Å². The maximum Gasteiger partial charge on any atom is 0.160 e. The predicted molar refractivity (Wildman–Crippen MR) is 225 cm³/mol. The van der Waals surface area contributed by atoms with Crippen molar-refractivity contribution in [3.63, 3.8) is 0 Å². The Hall–Kier alpha value is -7.30. The standard InChI is InChI=1S/C50H32N4/c1-3-13-33(14-4-1)49-41-19-7-10-20-44(41)51-50(52-49)34-23-27-38(28-24-34)54-46-22-12-9-18-40(46)43-32-36(26-30-48(43)54)35-25-29-47-42(31-35)39-17-8-11-21-45(39)53(47)37-15-5-2-6-16-37/h1-32H/i2D,5D,6D,15D,16D. The molecule has 4 heteroatoms. The van der Waals surface area contributed by atoms with Crippen LogP contribution in [0.15, 0.2) is 194 Å². The highest BCUT2D eigenvalue weighted by Crippen LogP contribution is 2.38. The first kappa shape index (κ1) is 25.6. The van der Waals surface area contributed by atoms with Crippen LogP contribution in [0.1, 0.15) is 6.85 Å². The largest absolute Gasteiger partial charge is 0.309 e. The maximum absolute atomic E-state index is 8.76. The Labute approximate surface area is 318 Å². The van der Waals surface area contributed by atoms with Gasteiger partial charge in [0.15, 0.2) is 5.82 Å². The van der Waals surface area contributed by atoms with Crippen LogP contribution in [0.5, 0.6) is 0 Å². The number of rotatable bonds is 5. The van der Waals surface area contributed by atoms with Crippen molar-refractivity contribution in [1.82, 2.24) is 19.1 Å². The van der Waals surface area contributed by atoms with E-state index in [4.69, 9.17) is 16.8 Å². The molecule has 0 atom stereocenters. The van der Waals surface area contributed by atoms with E-state index >= 15 is 0 Å². The molecule has 0 amide bonds. The Morgan fingerprint density at radius 3 is 1.54 bits per heavy atom. The summed E-state index contributed by atoms with van der Waals surface area (Å²) >= 11 is 0. The molecule has 54 heavy (non-hydrogen) atoms. The number of hydrogen-bond donors (Lipinski definition) is 0. The van der Waals surface area contributed by atoms with Gasteiger partial charge in [-0.2, -0.15) is 0 Å². The van der Waals surface area contributed by atoms with E-state index in [-0.39, 0.29) is 29.9 Å². The number of para-hydroxylation sites is 4. The summed E-state index contributed by atoms with van der Waals surface area (Å²) in [6, 6.07) is 54.3. The highest BCUT2D eigenvalue weighted by atomic mass is 15.0. The minimum absolute atomic E-state index is 0.138. The van der Waals surface area contributed by atoms with E-state index < -0.39 is 6.04 Å². The molecule has 0 bridgehead atoms. The van der Waals surface area contributed by atoms with Gasteiger partial charge in [0, 0.05) is 49.4 Å². The first-order valence-corrected chi connectivity index (χ1v) is 17.9. The second-order valence-electron chi connectivity index (χ2n) is 13.5. The second-order valence-corrected chi connectivity index (χ2v) is 13.5. The van der Waals surface area contributed by atoms with Gasteiger partial charge in [0.05, 0.1) is 40.1 Å². The van der Waals surface area contributed by atoms with Crippen molar-refractivity contribution in [2.45, 2.75) is 0 Å². The second kappa shape index (κ2) is 12.1. The average Bonchev–Trinajstić information content (AvgIpc) is 3.80. The lowest BCUT2D eigenvalue weighted by Crippen LogP contribution is -1.97. The molecule has 3 heterocycles. The van der Waals surface area contributed by atoms with Crippen molar-refractivity contribution >= 4 is 54.5 Å². The topological polar surface area (TPSA) is 35.6 Å². The van der Waals surface area contributed by atoms with Gasteiger partial charge in [-0.15, -0.1) is 0 Å². The molecule has 3 aromatic heterocycles. The van der Waals surface area contributed by atoms with Crippen LogP contribution in [-0.2, 0) is 0 Å². The van der Waals surface area contributed by atoms with Crippen LogP contribution in [0.2, 0.25) is 0 Å². The van der Waals surface area contributed by atoms with Crippen molar-refractivity contribution in [3.05, 3.63) is 194 Å². The SMILES string of the molecule is [2H]c1c([2H])c([2H])c(-n2c3ccccc3c3cc(-c4ccc5c(c4)c4ccccc4n5-c4ccc(-c5nc(-c6ccccc6)c6ccccc6n5)cc4)ccc32)c([2H])c1[2H]. The Morgan fingerprint density at radius 1 is 0.370 bits per heavy atom. The fourth-order valence-corrected chi connectivity index (χ4v) is 7.96. The molecule has 0 fully saturated rings. The van der Waals surface area contributed by atoms with Gasteiger partial charge in [-0.25, -0.2) is 9.97 Å². The first-order valence-electron chi connectivity index (χ1n) is 20.4. The van der Waals surface area contributed by atoms with Gasteiger partial charge in [-0.3, -0.25) is 0 Å². The van der Waals surface area contributed by atoms with E-state index in [0.29, 0.717) is 5.82 Å². The molecule has 11 aromatic rings. The number of nitrogens with zero attached hydrogens (tertiary/aromatic N) is 4. The minimum Gasteiger partial charge on any atom is -0.309 e. The highest BCUT2D eigenvalue weighted by molar-refractivity contribution is 6.12. The maximum atomic E-state index is 8.76. The molecule has 252 valence electrons. The Balaban J connectivity index is 1.02.